The van der Waals surface area contributed by atoms with Gasteiger partial charge in [-0.3, -0.25) is 4.79 Å². The van der Waals surface area contributed by atoms with E-state index >= 15 is 0 Å². The SMILES string of the molecule is CCOC(=O)COc1ccc(/C=N\NC(=O)c2ccc3c(c2)OCO3)cc1. The van der Waals surface area contributed by atoms with Crippen LogP contribution in [-0.4, -0.2) is 38.1 Å². The van der Waals surface area contributed by atoms with E-state index < -0.39 is 5.97 Å². The number of ether oxygens (including phenoxy) is 4. The van der Waals surface area contributed by atoms with Crippen LogP contribution in [0.1, 0.15) is 22.8 Å². The first-order chi connectivity index (χ1) is 13.2. The van der Waals surface area contributed by atoms with Gasteiger partial charge in [0.1, 0.15) is 5.75 Å². The topological polar surface area (TPSA) is 95.5 Å². The lowest BCUT2D eigenvalue weighted by Crippen LogP contribution is -2.17. The predicted octanol–water partition coefficient (Wildman–Crippen LogP) is 2.12. The van der Waals surface area contributed by atoms with E-state index in [1.54, 1.807) is 49.4 Å². The van der Waals surface area contributed by atoms with Gasteiger partial charge in [0.2, 0.25) is 6.79 Å². The van der Waals surface area contributed by atoms with Crippen molar-refractivity contribution in [3.63, 3.8) is 0 Å². The Balaban J connectivity index is 1.50. The number of hydrazone groups is 1. The fraction of sp³-hybridized carbons (Fsp3) is 0.211. The van der Waals surface area contributed by atoms with Crippen molar-refractivity contribution in [3.05, 3.63) is 53.6 Å². The van der Waals surface area contributed by atoms with Crippen molar-refractivity contribution in [2.45, 2.75) is 6.92 Å². The number of fused-ring (bicyclic) bond motifs is 1. The van der Waals surface area contributed by atoms with Crippen molar-refractivity contribution in [2.24, 2.45) is 5.10 Å². The third-order valence-electron chi connectivity index (χ3n) is 3.56. The van der Waals surface area contributed by atoms with Crippen LogP contribution in [0.2, 0.25) is 0 Å². The molecule has 0 aliphatic carbocycles. The first-order valence-corrected chi connectivity index (χ1v) is 8.27. The van der Waals surface area contributed by atoms with Gasteiger partial charge in [0, 0.05) is 5.56 Å². The lowest BCUT2D eigenvalue weighted by molar-refractivity contribution is -0.145. The van der Waals surface area contributed by atoms with Crippen LogP contribution in [0.3, 0.4) is 0 Å². The first-order valence-electron chi connectivity index (χ1n) is 8.27. The molecule has 27 heavy (non-hydrogen) atoms. The van der Waals surface area contributed by atoms with Crippen LogP contribution >= 0.6 is 0 Å². The Kier molecular flexibility index (Phi) is 5.88. The molecule has 3 rings (SSSR count). The van der Waals surface area contributed by atoms with Crippen molar-refractivity contribution < 1.29 is 28.5 Å². The summed E-state index contributed by atoms with van der Waals surface area (Å²) in [6.45, 7) is 2.05. The highest BCUT2D eigenvalue weighted by molar-refractivity contribution is 5.95. The highest BCUT2D eigenvalue weighted by Crippen LogP contribution is 2.32. The second-order valence-electron chi connectivity index (χ2n) is 5.43. The smallest absolute Gasteiger partial charge is 0.344 e. The number of nitrogens with one attached hydrogen (secondary N) is 1. The number of esters is 1. The van der Waals surface area contributed by atoms with Gasteiger partial charge >= 0.3 is 5.97 Å². The summed E-state index contributed by atoms with van der Waals surface area (Å²) in [5, 5.41) is 3.93. The van der Waals surface area contributed by atoms with E-state index in [0.717, 1.165) is 5.56 Å². The summed E-state index contributed by atoms with van der Waals surface area (Å²) in [5.74, 6) is 0.892. The van der Waals surface area contributed by atoms with Gasteiger partial charge in [-0.15, -0.1) is 0 Å². The second-order valence-corrected chi connectivity index (χ2v) is 5.43. The molecule has 0 spiro atoms. The molecule has 0 radical (unpaired) electrons. The molecular formula is C19H18N2O6. The Morgan fingerprint density at radius 3 is 2.70 bits per heavy atom. The molecule has 2 aromatic carbocycles. The van der Waals surface area contributed by atoms with Crippen molar-refractivity contribution in [3.8, 4) is 17.2 Å². The number of hydrogen-bond donors (Lipinski definition) is 1. The molecule has 0 saturated heterocycles. The maximum atomic E-state index is 12.1. The van der Waals surface area contributed by atoms with E-state index in [1.807, 2.05) is 0 Å². The van der Waals surface area contributed by atoms with Crippen LogP contribution in [0.5, 0.6) is 17.2 Å². The van der Waals surface area contributed by atoms with Crippen LogP contribution in [0.4, 0.5) is 0 Å². The van der Waals surface area contributed by atoms with Crippen molar-refractivity contribution in [2.75, 3.05) is 20.0 Å². The average molecular weight is 370 g/mol. The predicted molar refractivity (Wildman–Crippen MR) is 96.2 cm³/mol. The minimum Gasteiger partial charge on any atom is -0.482 e. The van der Waals surface area contributed by atoms with Crippen molar-refractivity contribution in [1.82, 2.24) is 5.43 Å². The lowest BCUT2D eigenvalue weighted by atomic mass is 10.2. The van der Waals surface area contributed by atoms with Crippen molar-refractivity contribution in [1.29, 1.82) is 0 Å². The molecule has 140 valence electrons. The summed E-state index contributed by atoms with van der Waals surface area (Å²) < 4.78 is 20.5. The number of carbonyl (C=O) groups is 2. The molecule has 1 aliphatic heterocycles. The summed E-state index contributed by atoms with van der Waals surface area (Å²) in [6.07, 6.45) is 1.50. The van der Waals surface area contributed by atoms with E-state index in [9.17, 15) is 9.59 Å². The number of benzene rings is 2. The summed E-state index contributed by atoms with van der Waals surface area (Å²) in [5.41, 5.74) is 3.62. The molecule has 0 bridgehead atoms. The molecule has 0 unspecified atom stereocenters. The highest BCUT2D eigenvalue weighted by Gasteiger charge is 2.15. The average Bonchev–Trinajstić information content (AvgIpc) is 3.15. The maximum absolute atomic E-state index is 12.1. The van der Waals surface area contributed by atoms with Crippen LogP contribution in [0.15, 0.2) is 47.6 Å². The molecular weight excluding hydrogens is 352 g/mol. The van der Waals surface area contributed by atoms with Gasteiger partial charge in [0.05, 0.1) is 12.8 Å². The van der Waals surface area contributed by atoms with Gasteiger partial charge in [-0.2, -0.15) is 5.10 Å². The quantitative estimate of drug-likeness (QED) is 0.456. The Bertz CT molecular complexity index is 848. The van der Waals surface area contributed by atoms with Crippen molar-refractivity contribution >= 4 is 18.1 Å². The normalized spacial score (nSPS) is 12.0. The molecule has 2 aromatic rings. The van der Waals surface area contributed by atoms with Crippen LogP contribution in [0.25, 0.3) is 0 Å². The van der Waals surface area contributed by atoms with Gasteiger partial charge in [-0.1, -0.05) is 0 Å². The van der Waals surface area contributed by atoms with Crippen LogP contribution in [0, 0.1) is 0 Å². The first kappa shape index (κ1) is 18.2. The van der Waals surface area contributed by atoms with Crippen LogP contribution in [-0.2, 0) is 9.53 Å². The highest BCUT2D eigenvalue weighted by atomic mass is 16.7. The number of hydrogen-bond acceptors (Lipinski definition) is 7. The fourth-order valence-electron chi connectivity index (χ4n) is 2.26. The third-order valence-corrected chi connectivity index (χ3v) is 3.56. The van der Waals surface area contributed by atoms with E-state index in [-0.39, 0.29) is 19.3 Å². The zero-order valence-electron chi connectivity index (χ0n) is 14.6. The Morgan fingerprint density at radius 1 is 1.15 bits per heavy atom. The third kappa shape index (κ3) is 4.97. The molecule has 1 N–H and O–H groups in total. The summed E-state index contributed by atoms with van der Waals surface area (Å²) in [6, 6.07) is 11.8. The van der Waals surface area contributed by atoms with Gasteiger partial charge in [-0.25, -0.2) is 10.2 Å². The van der Waals surface area contributed by atoms with Gasteiger partial charge in [0.25, 0.3) is 5.91 Å². The molecule has 0 fully saturated rings. The molecule has 0 saturated carbocycles. The van der Waals surface area contributed by atoms with Gasteiger partial charge in [0.15, 0.2) is 18.1 Å². The minimum atomic E-state index is -0.422. The zero-order valence-corrected chi connectivity index (χ0v) is 14.6. The van der Waals surface area contributed by atoms with Gasteiger partial charge in [-0.05, 0) is 55.0 Å². The Hall–Kier alpha value is -3.55. The Morgan fingerprint density at radius 2 is 1.93 bits per heavy atom. The second kappa shape index (κ2) is 8.70. The molecule has 1 amide bonds. The molecule has 1 heterocycles. The summed E-state index contributed by atoms with van der Waals surface area (Å²) in [4.78, 5) is 23.4. The van der Waals surface area contributed by atoms with Crippen LogP contribution < -0.4 is 19.6 Å². The lowest BCUT2D eigenvalue weighted by Gasteiger charge is -2.05. The number of rotatable bonds is 7. The maximum Gasteiger partial charge on any atom is 0.344 e. The number of nitrogens with zero attached hydrogens (tertiary/aromatic N) is 1. The molecule has 0 aromatic heterocycles. The Labute approximate surface area is 155 Å². The van der Waals surface area contributed by atoms with E-state index in [0.29, 0.717) is 29.4 Å². The minimum absolute atomic E-state index is 0.146. The van der Waals surface area contributed by atoms with Gasteiger partial charge < -0.3 is 18.9 Å². The number of carbonyl (C=O) groups excluding carboxylic acids is 2. The summed E-state index contributed by atoms with van der Waals surface area (Å²) >= 11 is 0. The van der Waals surface area contributed by atoms with E-state index in [4.69, 9.17) is 18.9 Å². The largest absolute Gasteiger partial charge is 0.482 e. The fourth-order valence-corrected chi connectivity index (χ4v) is 2.26. The molecule has 8 heteroatoms. The zero-order chi connectivity index (χ0) is 19.1. The monoisotopic (exact) mass is 370 g/mol. The van der Waals surface area contributed by atoms with E-state index in [1.165, 1.54) is 6.21 Å². The summed E-state index contributed by atoms with van der Waals surface area (Å²) in [7, 11) is 0. The molecule has 8 nitrogen and oxygen atoms in total. The standard InChI is InChI=1S/C19H18N2O6/c1-2-24-18(22)11-25-15-6-3-13(4-7-15)10-20-21-19(23)14-5-8-16-17(9-14)27-12-26-16/h3-10H,2,11-12H2,1H3,(H,21,23)/b20-10-. The molecule has 0 atom stereocenters. The molecule has 1 aliphatic rings. The van der Waals surface area contributed by atoms with E-state index in [2.05, 4.69) is 10.5 Å². The number of amides is 1.